The Morgan fingerprint density at radius 1 is 1.45 bits per heavy atom. The molecule has 1 aromatic rings. The summed E-state index contributed by atoms with van der Waals surface area (Å²) in [6.45, 7) is 0.857. The molecule has 7 heteroatoms. The number of nitrogens with one attached hydrogen (secondary N) is 2. The predicted molar refractivity (Wildman–Crippen MR) is 79.3 cm³/mol. The molecule has 2 amide bonds. The third kappa shape index (κ3) is 4.28. The van der Waals surface area contributed by atoms with Crippen molar-refractivity contribution in [1.29, 1.82) is 0 Å². The van der Waals surface area contributed by atoms with Gasteiger partial charge in [-0.1, -0.05) is 0 Å². The molecule has 22 heavy (non-hydrogen) atoms. The minimum atomic E-state index is -0.868. The first-order valence-corrected chi connectivity index (χ1v) is 7.17. The van der Waals surface area contributed by atoms with Crippen molar-refractivity contribution in [3.63, 3.8) is 0 Å². The zero-order chi connectivity index (χ0) is 15.9. The Morgan fingerprint density at radius 2 is 2.27 bits per heavy atom. The number of rotatable bonds is 6. The van der Waals surface area contributed by atoms with Crippen molar-refractivity contribution in [2.75, 3.05) is 20.3 Å². The number of hydrogen-bond donors (Lipinski definition) is 3. The van der Waals surface area contributed by atoms with Crippen LogP contribution in [0.15, 0.2) is 18.2 Å². The topological polar surface area (TPSA) is 96.9 Å². The second-order valence-corrected chi connectivity index (χ2v) is 4.99. The first-order valence-electron chi connectivity index (χ1n) is 7.17. The summed E-state index contributed by atoms with van der Waals surface area (Å²) in [5, 5.41) is 14.1. The summed E-state index contributed by atoms with van der Waals surface area (Å²) in [6.07, 6.45) is 1.11. The van der Waals surface area contributed by atoms with E-state index < -0.39 is 5.97 Å². The average molecular weight is 308 g/mol. The summed E-state index contributed by atoms with van der Waals surface area (Å²) in [5.74, 6) is 0.578. The third-order valence-electron chi connectivity index (χ3n) is 3.41. The molecule has 7 nitrogen and oxygen atoms in total. The highest BCUT2D eigenvalue weighted by Gasteiger charge is 2.23. The molecule has 0 saturated carbocycles. The van der Waals surface area contributed by atoms with E-state index in [1.807, 2.05) is 18.2 Å². The molecule has 0 radical (unpaired) electrons. The summed E-state index contributed by atoms with van der Waals surface area (Å²) in [7, 11) is 1.59. The van der Waals surface area contributed by atoms with Gasteiger partial charge in [-0.25, -0.2) is 4.79 Å². The minimum Gasteiger partial charge on any atom is -0.497 e. The maximum absolute atomic E-state index is 11.9. The van der Waals surface area contributed by atoms with Crippen LogP contribution in [-0.4, -0.2) is 37.4 Å². The van der Waals surface area contributed by atoms with E-state index in [0.717, 1.165) is 11.3 Å². The van der Waals surface area contributed by atoms with Crippen molar-refractivity contribution in [3.05, 3.63) is 23.8 Å². The zero-order valence-corrected chi connectivity index (χ0v) is 12.4. The first-order chi connectivity index (χ1) is 10.6. The number of carbonyl (C=O) groups excluding carboxylic acids is 1. The Morgan fingerprint density at radius 3 is 3.00 bits per heavy atom. The molecule has 0 aliphatic carbocycles. The van der Waals surface area contributed by atoms with Crippen LogP contribution in [0.3, 0.4) is 0 Å². The van der Waals surface area contributed by atoms with Crippen molar-refractivity contribution in [3.8, 4) is 11.5 Å². The van der Waals surface area contributed by atoms with Crippen molar-refractivity contribution < 1.29 is 24.2 Å². The molecular formula is C15H20N2O5. The molecule has 0 bridgehead atoms. The molecule has 1 aliphatic heterocycles. The highest BCUT2D eigenvalue weighted by Crippen LogP contribution is 2.34. The van der Waals surface area contributed by atoms with Crippen molar-refractivity contribution in [2.45, 2.75) is 25.3 Å². The lowest BCUT2D eigenvalue weighted by molar-refractivity contribution is -0.137. The maximum Gasteiger partial charge on any atom is 0.315 e. The van der Waals surface area contributed by atoms with Crippen molar-refractivity contribution >= 4 is 12.0 Å². The van der Waals surface area contributed by atoms with Crippen molar-refractivity contribution in [1.82, 2.24) is 10.6 Å². The van der Waals surface area contributed by atoms with Gasteiger partial charge in [-0.3, -0.25) is 4.79 Å². The number of methoxy groups -OCH3 is 1. The van der Waals surface area contributed by atoms with Crippen LogP contribution in [0.1, 0.15) is 30.9 Å². The van der Waals surface area contributed by atoms with Crippen LogP contribution in [-0.2, 0) is 4.79 Å². The van der Waals surface area contributed by atoms with Crippen LogP contribution in [0.4, 0.5) is 4.79 Å². The van der Waals surface area contributed by atoms with Gasteiger partial charge in [0.15, 0.2) is 0 Å². The number of amides is 2. The van der Waals surface area contributed by atoms with Gasteiger partial charge in [0.25, 0.3) is 0 Å². The lowest BCUT2D eigenvalue weighted by atomic mass is 10.0. The summed E-state index contributed by atoms with van der Waals surface area (Å²) in [4.78, 5) is 22.3. The smallest absolute Gasteiger partial charge is 0.315 e. The Labute approximate surface area is 128 Å². The van der Waals surface area contributed by atoms with Gasteiger partial charge in [0.2, 0.25) is 0 Å². The SMILES string of the molecule is COc1ccc2c(c1)[C@@H](NC(=O)NCCCC(=O)O)CCO2. The van der Waals surface area contributed by atoms with Crippen LogP contribution in [0.2, 0.25) is 0 Å². The standard InChI is InChI=1S/C15H20N2O5/c1-21-10-4-5-13-11(9-10)12(6-8-22-13)17-15(20)16-7-2-3-14(18)19/h4-5,9,12H,2-3,6-8H2,1H3,(H,18,19)(H2,16,17,20)/t12-/m0/s1. The summed E-state index contributed by atoms with van der Waals surface area (Å²) in [6, 6.07) is 5.02. The molecule has 120 valence electrons. The van der Waals surface area contributed by atoms with Gasteiger partial charge in [0.05, 0.1) is 19.8 Å². The van der Waals surface area contributed by atoms with E-state index in [1.165, 1.54) is 0 Å². The van der Waals surface area contributed by atoms with Crippen LogP contribution < -0.4 is 20.1 Å². The van der Waals surface area contributed by atoms with Gasteiger partial charge in [-0.15, -0.1) is 0 Å². The number of carboxylic acids is 1. The van der Waals surface area contributed by atoms with E-state index in [2.05, 4.69) is 10.6 Å². The second kappa shape index (κ2) is 7.53. The minimum absolute atomic E-state index is 0.0393. The number of hydrogen-bond acceptors (Lipinski definition) is 4. The molecule has 3 N–H and O–H groups in total. The molecule has 1 heterocycles. The fourth-order valence-corrected chi connectivity index (χ4v) is 2.30. The highest BCUT2D eigenvalue weighted by atomic mass is 16.5. The van der Waals surface area contributed by atoms with Gasteiger partial charge in [-0.05, 0) is 24.6 Å². The fraction of sp³-hybridized carbons (Fsp3) is 0.467. The Kier molecular flexibility index (Phi) is 5.46. The normalized spacial score (nSPS) is 16.1. The number of fused-ring (bicyclic) bond motifs is 1. The Bertz CT molecular complexity index is 547. The average Bonchev–Trinajstić information content (AvgIpc) is 2.51. The van der Waals surface area contributed by atoms with E-state index >= 15 is 0 Å². The number of benzene rings is 1. The molecule has 1 aromatic carbocycles. The van der Waals surface area contributed by atoms with Crippen LogP contribution in [0, 0.1) is 0 Å². The fourth-order valence-electron chi connectivity index (χ4n) is 2.30. The Balaban J connectivity index is 1.91. The first kappa shape index (κ1) is 15.9. The quantitative estimate of drug-likeness (QED) is 0.695. The molecule has 2 rings (SSSR count). The lowest BCUT2D eigenvalue weighted by Gasteiger charge is -2.27. The van der Waals surface area contributed by atoms with Crippen LogP contribution >= 0.6 is 0 Å². The van der Waals surface area contributed by atoms with Gasteiger partial charge >= 0.3 is 12.0 Å². The molecule has 0 aromatic heterocycles. The third-order valence-corrected chi connectivity index (χ3v) is 3.41. The largest absolute Gasteiger partial charge is 0.497 e. The van der Waals surface area contributed by atoms with Gasteiger partial charge < -0.3 is 25.2 Å². The van der Waals surface area contributed by atoms with Crippen LogP contribution in [0.25, 0.3) is 0 Å². The maximum atomic E-state index is 11.9. The second-order valence-electron chi connectivity index (χ2n) is 4.99. The molecule has 1 atom stereocenters. The van der Waals surface area contributed by atoms with E-state index in [1.54, 1.807) is 7.11 Å². The summed E-state index contributed by atoms with van der Waals surface area (Å²) >= 11 is 0. The number of aliphatic carboxylic acids is 1. The molecule has 0 spiro atoms. The van der Waals surface area contributed by atoms with Gasteiger partial charge in [0.1, 0.15) is 11.5 Å². The van der Waals surface area contributed by atoms with E-state index in [-0.39, 0.29) is 18.5 Å². The molecule has 1 aliphatic rings. The van der Waals surface area contributed by atoms with Gasteiger partial charge in [0, 0.05) is 24.9 Å². The van der Waals surface area contributed by atoms with E-state index in [9.17, 15) is 9.59 Å². The monoisotopic (exact) mass is 308 g/mol. The number of carboxylic acid groups (broad SMARTS) is 1. The number of carbonyl (C=O) groups is 2. The molecular weight excluding hydrogens is 288 g/mol. The van der Waals surface area contributed by atoms with E-state index in [4.69, 9.17) is 14.6 Å². The summed E-state index contributed by atoms with van der Waals surface area (Å²) < 4.78 is 10.8. The molecule has 0 unspecified atom stereocenters. The lowest BCUT2D eigenvalue weighted by Crippen LogP contribution is -2.40. The van der Waals surface area contributed by atoms with Gasteiger partial charge in [-0.2, -0.15) is 0 Å². The predicted octanol–water partition coefficient (Wildman–Crippen LogP) is 1.68. The highest BCUT2D eigenvalue weighted by molar-refractivity contribution is 5.74. The Hall–Kier alpha value is -2.44. The summed E-state index contributed by atoms with van der Waals surface area (Å²) in [5.41, 5.74) is 0.881. The zero-order valence-electron chi connectivity index (χ0n) is 12.4. The van der Waals surface area contributed by atoms with Crippen LogP contribution in [0.5, 0.6) is 11.5 Å². The molecule has 0 fully saturated rings. The molecule has 0 saturated heterocycles. The van der Waals surface area contributed by atoms with Crippen molar-refractivity contribution in [2.24, 2.45) is 0 Å². The number of ether oxygens (including phenoxy) is 2. The number of urea groups is 1. The van der Waals surface area contributed by atoms with E-state index in [0.29, 0.717) is 31.7 Å².